The summed E-state index contributed by atoms with van der Waals surface area (Å²) in [5, 5.41) is 3.46. The molecule has 1 heterocycles. The summed E-state index contributed by atoms with van der Waals surface area (Å²) >= 11 is 0. The molecule has 14 heavy (non-hydrogen) atoms. The lowest BCUT2D eigenvalue weighted by Gasteiger charge is -2.33. The highest BCUT2D eigenvalue weighted by molar-refractivity contribution is 4.77. The normalized spacial score (nSPS) is 35.8. The second-order valence-electron chi connectivity index (χ2n) is 5.45. The standard InChI is InChI=1S/C13H25N/c1-11-4-2-3-5-13(11)10-12-6-8-14-9-7-12/h11-14H,2-10H2,1H3. The van der Waals surface area contributed by atoms with E-state index in [4.69, 9.17) is 0 Å². The van der Waals surface area contributed by atoms with Crippen LogP contribution in [0.15, 0.2) is 0 Å². The van der Waals surface area contributed by atoms with Gasteiger partial charge in [0.15, 0.2) is 0 Å². The molecule has 1 aliphatic carbocycles. The van der Waals surface area contributed by atoms with Gasteiger partial charge in [0.1, 0.15) is 0 Å². The minimum Gasteiger partial charge on any atom is -0.317 e. The Morgan fingerprint density at radius 2 is 1.71 bits per heavy atom. The Morgan fingerprint density at radius 1 is 1.00 bits per heavy atom. The minimum absolute atomic E-state index is 1.01. The zero-order valence-corrected chi connectivity index (χ0v) is 9.60. The Balaban J connectivity index is 1.76. The third-order valence-electron chi connectivity index (χ3n) is 4.38. The third kappa shape index (κ3) is 2.73. The summed E-state index contributed by atoms with van der Waals surface area (Å²) in [4.78, 5) is 0. The Bertz CT molecular complexity index is 161. The average molecular weight is 195 g/mol. The van der Waals surface area contributed by atoms with E-state index in [0.717, 1.165) is 17.8 Å². The zero-order chi connectivity index (χ0) is 9.80. The fourth-order valence-electron chi connectivity index (χ4n) is 3.29. The van der Waals surface area contributed by atoms with E-state index in [9.17, 15) is 0 Å². The van der Waals surface area contributed by atoms with Gasteiger partial charge >= 0.3 is 0 Å². The number of piperidine rings is 1. The molecule has 1 nitrogen and oxygen atoms in total. The molecule has 1 saturated carbocycles. The molecule has 0 radical (unpaired) electrons. The third-order valence-corrected chi connectivity index (χ3v) is 4.38. The lowest BCUT2D eigenvalue weighted by Crippen LogP contribution is -2.30. The van der Waals surface area contributed by atoms with Crippen LogP contribution in [0.3, 0.4) is 0 Å². The average Bonchev–Trinajstić information content (AvgIpc) is 2.23. The Morgan fingerprint density at radius 3 is 2.43 bits per heavy atom. The van der Waals surface area contributed by atoms with Crippen molar-refractivity contribution in [2.75, 3.05) is 13.1 Å². The number of nitrogens with one attached hydrogen (secondary N) is 1. The van der Waals surface area contributed by atoms with Crippen molar-refractivity contribution in [1.82, 2.24) is 5.32 Å². The lowest BCUT2D eigenvalue weighted by atomic mass is 9.74. The number of hydrogen-bond acceptors (Lipinski definition) is 1. The Hall–Kier alpha value is -0.0400. The first-order valence-electron chi connectivity index (χ1n) is 6.57. The van der Waals surface area contributed by atoms with E-state index in [1.165, 1.54) is 58.0 Å². The molecule has 2 fully saturated rings. The quantitative estimate of drug-likeness (QED) is 0.713. The Labute approximate surface area is 88.7 Å². The zero-order valence-electron chi connectivity index (χ0n) is 9.60. The first-order valence-corrected chi connectivity index (χ1v) is 6.57. The van der Waals surface area contributed by atoms with E-state index < -0.39 is 0 Å². The van der Waals surface area contributed by atoms with Gasteiger partial charge in [-0.2, -0.15) is 0 Å². The van der Waals surface area contributed by atoms with Crippen molar-refractivity contribution in [2.24, 2.45) is 17.8 Å². The number of hydrogen-bond donors (Lipinski definition) is 1. The lowest BCUT2D eigenvalue weighted by molar-refractivity contribution is 0.192. The van der Waals surface area contributed by atoms with E-state index in [2.05, 4.69) is 12.2 Å². The van der Waals surface area contributed by atoms with Gasteiger partial charge < -0.3 is 5.32 Å². The van der Waals surface area contributed by atoms with Gasteiger partial charge in [0.25, 0.3) is 0 Å². The molecule has 1 aliphatic heterocycles. The fourth-order valence-corrected chi connectivity index (χ4v) is 3.29. The number of rotatable bonds is 2. The van der Waals surface area contributed by atoms with Gasteiger partial charge in [0, 0.05) is 0 Å². The van der Waals surface area contributed by atoms with Gasteiger partial charge in [-0.1, -0.05) is 32.6 Å². The minimum atomic E-state index is 1.01. The van der Waals surface area contributed by atoms with Gasteiger partial charge in [-0.05, 0) is 50.1 Å². The summed E-state index contributed by atoms with van der Waals surface area (Å²) in [7, 11) is 0. The topological polar surface area (TPSA) is 12.0 Å². The summed E-state index contributed by atoms with van der Waals surface area (Å²) in [5.41, 5.74) is 0. The molecule has 0 bridgehead atoms. The van der Waals surface area contributed by atoms with E-state index in [1.807, 2.05) is 0 Å². The monoisotopic (exact) mass is 195 g/mol. The summed E-state index contributed by atoms with van der Waals surface area (Å²) < 4.78 is 0. The van der Waals surface area contributed by atoms with Crippen LogP contribution in [-0.4, -0.2) is 13.1 Å². The van der Waals surface area contributed by atoms with Crippen molar-refractivity contribution >= 4 is 0 Å². The van der Waals surface area contributed by atoms with Crippen molar-refractivity contribution in [3.8, 4) is 0 Å². The molecule has 0 amide bonds. The fraction of sp³-hybridized carbons (Fsp3) is 1.00. The maximum atomic E-state index is 3.46. The molecule has 0 aromatic heterocycles. The van der Waals surface area contributed by atoms with Crippen LogP contribution in [0.4, 0.5) is 0 Å². The maximum Gasteiger partial charge on any atom is -0.00463 e. The van der Waals surface area contributed by atoms with Crippen molar-refractivity contribution < 1.29 is 0 Å². The molecule has 2 aliphatic rings. The summed E-state index contributed by atoms with van der Waals surface area (Å²) in [5.74, 6) is 3.12. The predicted octanol–water partition coefficient (Wildman–Crippen LogP) is 3.20. The largest absolute Gasteiger partial charge is 0.317 e. The first-order chi connectivity index (χ1) is 6.86. The molecule has 0 aromatic rings. The molecule has 1 heteroatoms. The van der Waals surface area contributed by atoms with Crippen molar-refractivity contribution in [1.29, 1.82) is 0 Å². The summed E-state index contributed by atoms with van der Waals surface area (Å²) in [6.45, 7) is 5.02. The first kappa shape index (κ1) is 10.5. The SMILES string of the molecule is CC1CCCCC1CC1CCNCC1. The van der Waals surface area contributed by atoms with Crippen LogP contribution in [0.2, 0.25) is 0 Å². The van der Waals surface area contributed by atoms with E-state index >= 15 is 0 Å². The highest BCUT2D eigenvalue weighted by Crippen LogP contribution is 2.35. The molecule has 1 saturated heterocycles. The molecule has 1 N–H and O–H groups in total. The molecule has 0 aromatic carbocycles. The van der Waals surface area contributed by atoms with Crippen LogP contribution in [0.25, 0.3) is 0 Å². The highest BCUT2D eigenvalue weighted by Gasteiger charge is 2.25. The van der Waals surface area contributed by atoms with Crippen LogP contribution in [-0.2, 0) is 0 Å². The van der Waals surface area contributed by atoms with Crippen molar-refractivity contribution in [3.63, 3.8) is 0 Å². The van der Waals surface area contributed by atoms with E-state index in [-0.39, 0.29) is 0 Å². The van der Waals surface area contributed by atoms with Gasteiger partial charge in [0.2, 0.25) is 0 Å². The molecule has 2 unspecified atom stereocenters. The molecule has 2 rings (SSSR count). The maximum absolute atomic E-state index is 3.46. The van der Waals surface area contributed by atoms with Crippen LogP contribution in [0.1, 0.15) is 51.9 Å². The second-order valence-corrected chi connectivity index (χ2v) is 5.45. The van der Waals surface area contributed by atoms with Gasteiger partial charge in [-0.3, -0.25) is 0 Å². The predicted molar refractivity (Wildman–Crippen MR) is 61.3 cm³/mol. The van der Waals surface area contributed by atoms with Crippen LogP contribution >= 0.6 is 0 Å². The highest BCUT2D eigenvalue weighted by atomic mass is 14.9. The molecule has 2 atom stereocenters. The van der Waals surface area contributed by atoms with Crippen LogP contribution in [0, 0.1) is 17.8 Å². The summed E-state index contributed by atoms with van der Waals surface area (Å²) in [6, 6.07) is 0. The van der Waals surface area contributed by atoms with Crippen molar-refractivity contribution in [2.45, 2.75) is 51.9 Å². The van der Waals surface area contributed by atoms with Crippen molar-refractivity contribution in [3.05, 3.63) is 0 Å². The van der Waals surface area contributed by atoms with E-state index in [1.54, 1.807) is 0 Å². The second kappa shape index (κ2) is 5.16. The molecular formula is C13H25N. The molecule has 0 spiro atoms. The molecular weight excluding hydrogens is 170 g/mol. The van der Waals surface area contributed by atoms with Crippen LogP contribution < -0.4 is 5.32 Å². The molecule has 82 valence electrons. The van der Waals surface area contributed by atoms with Crippen LogP contribution in [0.5, 0.6) is 0 Å². The Kier molecular flexibility index (Phi) is 3.86. The van der Waals surface area contributed by atoms with Gasteiger partial charge in [0.05, 0.1) is 0 Å². The van der Waals surface area contributed by atoms with Gasteiger partial charge in [-0.25, -0.2) is 0 Å². The van der Waals surface area contributed by atoms with Gasteiger partial charge in [-0.15, -0.1) is 0 Å². The van der Waals surface area contributed by atoms with E-state index in [0.29, 0.717) is 0 Å². The smallest absolute Gasteiger partial charge is 0.00463 e. The summed E-state index contributed by atoms with van der Waals surface area (Å²) in [6.07, 6.45) is 10.4.